The molecule has 0 bridgehead atoms. The smallest absolute Gasteiger partial charge is 0.147 e. The van der Waals surface area contributed by atoms with Gasteiger partial charge in [-0.2, -0.15) is 0 Å². The second-order valence-corrected chi connectivity index (χ2v) is 44.9. The number of fused-ring (bicyclic) bond motifs is 2. The fourth-order valence-corrected chi connectivity index (χ4v) is 31.5. The molecule has 0 fully saturated rings. The summed E-state index contributed by atoms with van der Waals surface area (Å²) in [6.07, 6.45) is 5.35. The number of allylic oxidation sites excluding steroid dienone is 2. The molecule has 0 spiro atoms. The van der Waals surface area contributed by atoms with E-state index in [0.29, 0.717) is 8.45 Å². The van der Waals surface area contributed by atoms with E-state index in [9.17, 15) is 0 Å². The Hall–Kier alpha value is -0.135. The molecule has 0 saturated carbocycles. The quantitative estimate of drug-likeness (QED) is 0.302. The molecule has 2 atom stereocenters. The minimum Gasteiger partial charge on any atom is -0.147 e. The Kier molecular flexibility index (Phi) is 8.74. The number of halogens is 2. The van der Waals surface area contributed by atoms with Crippen LogP contribution in [-0.4, -0.2) is 23.8 Å². The van der Waals surface area contributed by atoms with E-state index in [0.717, 1.165) is 0 Å². The van der Waals surface area contributed by atoms with E-state index in [-0.39, 0.29) is 24.8 Å². The second kappa shape index (κ2) is 9.80. The molecule has 0 heterocycles. The average molecular weight is 612 g/mol. The van der Waals surface area contributed by atoms with E-state index < -0.39 is 30.2 Å². The second-order valence-electron chi connectivity index (χ2n) is 14.6. The van der Waals surface area contributed by atoms with Crippen LogP contribution >= 0.6 is 24.8 Å². The van der Waals surface area contributed by atoms with Crippen molar-refractivity contribution in [2.45, 2.75) is 85.9 Å². The first-order valence-corrected chi connectivity index (χ1v) is 29.0. The SMILES string of the molecule is Cc1ccc(C)c2c1C=C([Si](C)(C)C)[CH]2[Ti]([CH3])([CH3])(=[SiH2])[CH]1C([Si](C)(C)C)=Cc2c(C)ccc(C)c21.Cl.Cl. The molecule has 0 saturated heterocycles. The molecule has 2 aromatic rings. The third kappa shape index (κ3) is 4.96. The summed E-state index contributed by atoms with van der Waals surface area (Å²) in [5.74, 6) is 0. The van der Waals surface area contributed by atoms with Crippen LogP contribution in [0, 0.1) is 27.7 Å². The van der Waals surface area contributed by atoms with Gasteiger partial charge in [0.25, 0.3) is 0 Å². The average Bonchev–Trinajstić information content (AvgIpc) is 3.29. The number of rotatable bonds is 4. The van der Waals surface area contributed by atoms with Crippen LogP contribution in [0.5, 0.6) is 0 Å². The molecule has 0 amide bonds. The summed E-state index contributed by atoms with van der Waals surface area (Å²) < 4.78 is 1.26. The fourth-order valence-electron chi connectivity index (χ4n) is 7.08. The first kappa shape index (κ1) is 32.1. The van der Waals surface area contributed by atoms with Crippen LogP contribution in [0.3, 0.4) is 0 Å². The maximum atomic E-state index is 2.82. The van der Waals surface area contributed by atoms with Crippen molar-refractivity contribution in [2.75, 3.05) is 0 Å². The maximum absolute atomic E-state index is 3.27. The zero-order valence-electron chi connectivity index (χ0n) is 24.6. The first-order valence-electron chi connectivity index (χ1n) is 13.1. The summed E-state index contributed by atoms with van der Waals surface area (Å²) in [5.41, 5.74) is 12.5. The van der Waals surface area contributed by atoms with Gasteiger partial charge in [0.15, 0.2) is 0 Å². The van der Waals surface area contributed by atoms with Crippen molar-refractivity contribution in [1.82, 2.24) is 0 Å². The minimum absolute atomic E-state index is 0. The van der Waals surface area contributed by atoms with Gasteiger partial charge in [-0.1, -0.05) is 0 Å². The molecule has 2 aromatic carbocycles. The van der Waals surface area contributed by atoms with E-state index >= 15 is 0 Å². The molecule has 198 valence electrons. The molecule has 2 aliphatic carbocycles. The predicted molar refractivity (Wildman–Crippen MR) is 175 cm³/mol. The molecule has 0 nitrogen and oxygen atoms in total. The minimum atomic E-state index is -3.27. The van der Waals surface area contributed by atoms with Crippen molar-refractivity contribution < 1.29 is 14.0 Å². The van der Waals surface area contributed by atoms with Crippen LogP contribution in [0.2, 0.25) is 49.7 Å². The van der Waals surface area contributed by atoms with Crippen LogP contribution in [0.4, 0.5) is 0 Å². The van der Waals surface area contributed by atoms with E-state index in [1.165, 1.54) is 22.3 Å². The third-order valence-corrected chi connectivity index (χ3v) is 25.3. The summed E-state index contributed by atoms with van der Waals surface area (Å²) in [6.45, 7) is 24.9. The first-order chi connectivity index (χ1) is 15.3. The van der Waals surface area contributed by atoms with Gasteiger partial charge in [0.2, 0.25) is 0 Å². The maximum Gasteiger partial charge on any atom is -0.147 e. The number of hydrogen-bond donors (Lipinski definition) is 0. The van der Waals surface area contributed by atoms with E-state index in [4.69, 9.17) is 0 Å². The Morgan fingerprint density at radius 1 is 0.583 bits per heavy atom. The van der Waals surface area contributed by atoms with Crippen LogP contribution in [0.15, 0.2) is 34.7 Å². The predicted octanol–water partition coefficient (Wildman–Crippen LogP) is 9.43. The van der Waals surface area contributed by atoms with Crippen LogP contribution < -0.4 is 0 Å². The van der Waals surface area contributed by atoms with Gasteiger partial charge in [0.1, 0.15) is 0 Å². The molecule has 36 heavy (non-hydrogen) atoms. The normalized spacial score (nSPS) is 19.6. The number of aryl methyl sites for hydroxylation is 4. The van der Waals surface area contributed by atoms with Crippen molar-refractivity contribution in [3.63, 3.8) is 0 Å². The molecular formula is C30H48Cl2Si3Ti. The van der Waals surface area contributed by atoms with Gasteiger partial charge in [-0.15, -0.1) is 24.8 Å². The summed E-state index contributed by atoms with van der Waals surface area (Å²) in [6, 6.07) is 9.51. The molecule has 2 aliphatic rings. The van der Waals surface area contributed by atoms with Crippen LogP contribution in [0.25, 0.3) is 12.2 Å². The van der Waals surface area contributed by atoms with E-state index in [1.54, 1.807) is 22.3 Å². The van der Waals surface area contributed by atoms with Crippen LogP contribution in [0.1, 0.15) is 53.0 Å². The van der Waals surface area contributed by atoms with Gasteiger partial charge in [-0.05, 0) is 0 Å². The van der Waals surface area contributed by atoms with Crippen molar-refractivity contribution in [3.8, 4) is 0 Å². The van der Waals surface area contributed by atoms with Gasteiger partial charge in [0.05, 0.1) is 0 Å². The van der Waals surface area contributed by atoms with Gasteiger partial charge in [-0.25, -0.2) is 0 Å². The standard InChI is InChI=1S/2C14H19Si.2CH3.2ClH.H2Si.Ti/c2*1-10-6-7-11(2)14-9-12(8-13(10)14)15(3,4)5;;;;;;/h2*6-9H,1-5H3;2*1H3;2*1H;1H2;. The van der Waals surface area contributed by atoms with Gasteiger partial charge in [0, 0.05) is 0 Å². The Morgan fingerprint density at radius 2 is 0.861 bits per heavy atom. The number of hydrogen-bond acceptors (Lipinski definition) is 0. The number of benzene rings is 2. The Balaban J connectivity index is 0.00000228. The molecule has 0 aliphatic heterocycles. The summed E-state index contributed by atoms with van der Waals surface area (Å²) in [7, 11) is -0.525. The molecule has 4 rings (SSSR count). The monoisotopic (exact) mass is 610 g/mol. The van der Waals surface area contributed by atoms with Gasteiger partial charge in [-0.3, -0.25) is 0 Å². The summed E-state index contributed by atoms with van der Waals surface area (Å²) in [4.78, 5) is 0. The third-order valence-electron chi connectivity index (χ3n) is 8.87. The Morgan fingerprint density at radius 3 is 1.14 bits per heavy atom. The Labute approximate surface area is 238 Å². The Bertz CT molecular complexity index is 1250. The largest absolute Gasteiger partial charge is 0.147 e. The van der Waals surface area contributed by atoms with Crippen molar-refractivity contribution in [3.05, 3.63) is 79.2 Å². The van der Waals surface area contributed by atoms with Gasteiger partial charge >= 0.3 is 215 Å². The van der Waals surface area contributed by atoms with Gasteiger partial charge < -0.3 is 0 Å². The topological polar surface area (TPSA) is 0 Å². The molecular weight excluding hydrogens is 563 g/mol. The summed E-state index contributed by atoms with van der Waals surface area (Å²) in [5, 5.41) is 9.29. The zero-order chi connectivity index (χ0) is 25.6. The fraction of sp³-hybridized carbons (Fsp3) is 0.467. The van der Waals surface area contributed by atoms with Crippen molar-refractivity contribution in [2.24, 2.45) is 0 Å². The van der Waals surface area contributed by atoms with Crippen molar-refractivity contribution >= 4 is 60.7 Å². The van der Waals surface area contributed by atoms with E-state index in [1.807, 2.05) is 10.4 Å². The van der Waals surface area contributed by atoms with Crippen LogP contribution in [-0.2, 0) is 14.0 Å². The van der Waals surface area contributed by atoms with Crippen molar-refractivity contribution in [1.29, 1.82) is 0 Å². The molecule has 0 radical (unpaired) electrons. The molecule has 0 aromatic heterocycles. The molecule has 6 heteroatoms. The molecule has 2 unspecified atom stereocenters. The summed E-state index contributed by atoms with van der Waals surface area (Å²) >= 11 is -3.27. The van der Waals surface area contributed by atoms with E-state index in [2.05, 4.69) is 121 Å². The zero-order valence-corrected chi connectivity index (χ0v) is 31.3. The molecule has 0 N–H and O–H groups in total.